The number of anilines is 1. The zero-order valence-electron chi connectivity index (χ0n) is 20.3. The van der Waals surface area contributed by atoms with Gasteiger partial charge in [0.1, 0.15) is 0 Å². The van der Waals surface area contributed by atoms with Crippen LogP contribution in [0.15, 0.2) is 30.3 Å². The fourth-order valence-corrected chi connectivity index (χ4v) is 7.11. The molecule has 2 aliphatic rings. The van der Waals surface area contributed by atoms with Crippen LogP contribution in [0.1, 0.15) is 55.2 Å². The number of aliphatic hydroxyl groups excluding tert-OH is 2. The standard InChI is InChI=1S/C27H35N3O3S/c1-5-13-30(4)23(33)14-19-24-20(34-25(29-24)28-16-18-9-7-6-8-10-18)15-21-26(19,2)12-11-22(32)27(21,3)17-31/h1,6-10,19,21-22,31-32H,11-17H2,2-4H3,(H,28,29). The maximum Gasteiger partial charge on any atom is 0.223 e. The van der Waals surface area contributed by atoms with Crippen molar-refractivity contribution in [3.8, 4) is 12.3 Å². The summed E-state index contributed by atoms with van der Waals surface area (Å²) in [5.41, 5.74) is 1.27. The molecule has 182 valence electrons. The minimum absolute atomic E-state index is 0.000562. The molecule has 5 unspecified atom stereocenters. The van der Waals surface area contributed by atoms with Gasteiger partial charge in [0.2, 0.25) is 5.91 Å². The average Bonchev–Trinajstić information content (AvgIpc) is 3.25. The van der Waals surface area contributed by atoms with Crippen molar-refractivity contribution in [1.82, 2.24) is 9.88 Å². The van der Waals surface area contributed by atoms with Crippen LogP contribution in [0.25, 0.3) is 0 Å². The Kier molecular flexibility index (Phi) is 7.04. The number of terminal acetylenes is 1. The molecule has 6 nitrogen and oxygen atoms in total. The lowest BCUT2D eigenvalue weighted by Crippen LogP contribution is -2.57. The number of carbonyl (C=O) groups is 1. The zero-order valence-corrected chi connectivity index (χ0v) is 21.1. The topological polar surface area (TPSA) is 85.7 Å². The summed E-state index contributed by atoms with van der Waals surface area (Å²) in [6.07, 6.45) is 7.33. The van der Waals surface area contributed by atoms with Crippen LogP contribution in [-0.4, -0.2) is 52.3 Å². The third kappa shape index (κ3) is 4.35. The Morgan fingerprint density at radius 3 is 2.76 bits per heavy atom. The van der Waals surface area contributed by atoms with Crippen molar-refractivity contribution in [3.05, 3.63) is 46.5 Å². The molecule has 5 atom stereocenters. The lowest BCUT2D eigenvalue weighted by atomic mass is 9.47. The maximum atomic E-state index is 13.1. The first-order chi connectivity index (χ1) is 16.2. The second kappa shape index (κ2) is 9.69. The lowest BCUT2D eigenvalue weighted by molar-refractivity contribution is -0.146. The van der Waals surface area contributed by atoms with Crippen LogP contribution in [-0.2, 0) is 17.8 Å². The smallest absolute Gasteiger partial charge is 0.223 e. The normalized spacial score (nSPS) is 30.1. The fourth-order valence-electron chi connectivity index (χ4n) is 6.05. The molecule has 0 aliphatic heterocycles. The van der Waals surface area contributed by atoms with E-state index in [4.69, 9.17) is 11.4 Å². The Labute approximate surface area is 206 Å². The van der Waals surface area contributed by atoms with Crippen LogP contribution in [0.4, 0.5) is 5.13 Å². The molecule has 0 bridgehead atoms. The van der Waals surface area contributed by atoms with Crippen LogP contribution in [0, 0.1) is 29.1 Å². The van der Waals surface area contributed by atoms with Gasteiger partial charge in [0.15, 0.2) is 5.13 Å². The van der Waals surface area contributed by atoms with Gasteiger partial charge in [-0.15, -0.1) is 17.8 Å². The molecule has 0 spiro atoms. The van der Waals surface area contributed by atoms with Gasteiger partial charge in [-0.3, -0.25) is 4.79 Å². The number of nitrogens with one attached hydrogen (secondary N) is 1. The predicted molar refractivity (Wildman–Crippen MR) is 135 cm³/mol. The Balaban J connectivity index is 1.69. The molecule has 0 radical (unpaired) electrons. The van der Waals surface area contributed by atoms with Crippen molar-refractivity contribution >= 4 is 22.4 Å². The van der Waals surface area contributed by atoms with Gasteiger partial charge in [0, 0.05) is 36.2 Å². The second-order valence-corrected chi connectivity index (χ2v) is 11.4. The summed E-state index contributed by atoms with van der Waals surface area (Å²) in [5, 5.41) is 25.6. The van der Waals surface area contributed by atoms with Gasteiger partial charge >= 0.3 is 0 Å². The van der Waals surface area contributed by atoms with Crippen molar-refractivity contribution in [2.75, 3.05) is 25.5 Å². The van der Waals surface area contributed by atoms with E-state index in [1.165, 1.54) is 5.56 Å². The number of fused-ring (bicyclic) bond motifs is 2. The summed E-state index contributed by atoms with van der Waals surface area (Å²) >= 11 is 1.63. The molecule has 1 aromatic heterocycles. The van der Waals surface area contributed by atoms with Crippen molar-refractivity contribution < 1.29 is 15.0 Å². The van der Waals surface area contributed by atoms with E-state index in [-0.39, 0.29) is 36.3 Å². The monoisotopic (exact) mass is 481 g/mol. The van der Waals surface area contributed by atoms with E-state index in [1.807, 2.05) is 25.1 Å². The highest BCUT2D eigenvalue weighted by Crippen LogP contribution is 2.62. The van der Waals surface area contributed by atoms with E-state index in [0.29, 0.717) is 19.4 Å². The molecular weight excluding hydrogens is 446 g/mol. The van der Waals surface area contributed by atoms with Gasteiger partial charge in [0.25, 0.3) is 0 Å². The largest absolute Gasteiger partial charge is 0.396 e. The Bertz CT molecular complexity index is 1060. The van der Waals surface area contributed by atoms with Gasteiger partial charge in [-0.2, -0.15) is 0 Å². The summed E-state index contributed by atoms with van der Waals surface area (Å²) < 4.78 is 0. The highest BCUT2D eigenvalue weighted by Gasteiger charge is 2.59. The Hall–Kier alpha value is -2.40. The third-order valence-electron chi connectivity index (χ3n) is 8.31. The van der Waals surface area contributed by atoms with E-state index < -0.39 is 11.5 Å². The van der Waals surface area contributed by atoms with Crippen molar-refractivity contribution in [2.45, 2.75) is 58.1 Å². The van der Waals surface area contributed by atoms with Crippen LogP contribution < -0.4 is 5.32 Å². The number of hydrogen-bond acceptors (Lipinski definition) is 6. The number of benzene rings is 1. The van der Waals surface area contributed by atoms with Crippen LogP contribution >= 0.6 is 11.3 Å². The molecule has 1 saturated carbocycles. The van der Waals surface area contributed by atoms with E-state index in [0.717, 1.165) is 28.5 Å². The van der Waals surface area contributed by atoms with Gasteiger partial charge in [-0.05, 0) is 36.2 Å². The molecule has 4 rings (SSSR count). The summed E-state index contributed by atoms with van der Waals surface area (Å²) in [7, 11) is 1.74. The molecule has 1 heterocycles. The highest BCUT2D eigenvalue weighted by atomic mass is 32.1. The number of aliphatic hydroxyl groups is 2. The van der Waals surface area contributed by atoms with E-state index in [9.17, 15) is 15.0 Å². The molecule has 1 aromatic carbocycles. The van der Waals surface area contributed by atoms with Crippen molar-refractivity contribution in [3.63, 3.8) is 0 Å². The SMILES string of the molecule is C#CCN(C)C(=O)CC1c2nc(NCc3ccccc3)sc2CC2C(C)(CO)C(O)CCC12C. The average molecular weight is 482 g/mol. The van der Waals surface area contributed by atoms with Gasteiger partial charge < -0.3 is 20.4 Å². The number of nitrogens with zero attached hydrogens (tertiary/aromatic N) is 2. The van der Waals surface area contributed by atoms with E-state index >= 15 is 0 Å². The van der Waals surface area contributed by atoms with Gasteiger partial charge in [-0.25, -0.2) is 4.98 Å². The molecule has 1 amide bonds. The number of amides is 1. The molecule has 2 aromatic rings. The predicted octanol–water partition coefficient (Wildman–Crippen LogP) is 3.65. The Morgan fingerprint density at radius 2 is 2.09 bits per heavy atom. The molecule has 0 saturated heterocycles. The van der Waals surface area contributed by atoms with E-state index in [1.54, 1.807) is 23.3 Å². The zero-order chi connectivity index (χ0) is 24.5. The third-order valence-corrected chi connectivity index (χ3v) is 9.36. The first kappa shape index (κ1) is 24.7. The number of carbonyl (C=O) groups excluding carboxylic acids is 1. The summed E-state index contributed by atoms with van der Waals surface area (Å²) in [6.45, 7) is 5.07. The fraction of sp³-hybridized carbons (Fsp3) is 0.556. The van der Waals surface area contributed by atoms with Gasteiger partial charge in [0.05, 0.1) is 24.9 Å². The van der Waals surface area contributed by atoms with Crippen LogP contribution in [0.2, 0.25) is 0 Å². The minimum Gasteiger partial charge on any atom is -0.396 e. The summed E-state index contributed by atoms with van der Waals surface area (Å²) in [6, 6.07) is 10.2. The van der Waals surface area contributed by atoms with Crippen LogP contribution in [0.5, 0.6) is 0 Å². The lowest BCUT2D eigenvalue weighted by Gasteiger charge is -2.58. The number of aromatic nitrogens is 1. The molecule has 7 heteroatoms. The number of hydrogen-bond donors (Lipinski definition) is 3. The maximum absolute atomic E-state index is 13.1. The quantitative estimate of drug-likeness (QED) is 0.526. The summed E-state index contributed by atoms with van der Waals surface area (Å²) in [4.78, 5) is 20.9. The second-order valence-electron chi connectivity index (χ2n) is 10.4. The van der Waals surface area contributed by atoms with E-state index in [2.05, 4.69) is 30.3 Å². The molecule has 34 heavy (non-hydrogen) atoms. The highest BCUT2D eigenvalue weighted by molar-refractivity contribution is 7.15. The number of thiazole rings is 1. The first-order valence-electron chi connectivity index (χ1n) is 12.0. The van der Waals surface area contributed by atoms with Crippen LogP contribution in [0.3, 0.4) is 0 Å². The van der Waals surface area contributed by atoms with Gasteiger partial charge in [-0.1, -0.05) is 50.1 Å². The Morgan fingerprint density at radius 1 is 1.35 bits per heavy atom. The molecule has 3 N–H and O–H groups in total. The molecule has 1 fully saturated rings. The first-order valence-corrected chi connectivity index (χ1v) is 12.8. The molecular formula is C27H35N3O3S. The van der Waals surface area contributed by atoms with Crippen molar-refractivity contribution in [2.24, 2.45) is 16.7 Å². The molecule has 2 aliphatic carbocycles. The summed E-state index contributed by atoms with van der Waals surface area (Å²) in [5.74, 6) is 2.49. The van der Waals surface area contributed by atoms with Crippen molar-refractivity contribution in [1.29, 1.82) is 0 Å². The minimum atomic E-state index is -0.627. The number of rotatable bonds is 7.